The third-order valence-corrected chi connectivity index (χ3v) is 2.52. The van der Waals surface area contributed by atoms with Crippen molar-refractivity contribution in [2.45, 2.75) is 6.42 Å². The van der Waals surface area contributed by atoms with Crippen LogP contribution < -0.4 is 4.74 Å². The molecule has 3 nitrogen and oxygen atoms in total. The van der Waals surface area contributed by atoms with E-state index in [1.807, 2.05) is 6.07 Å². The minimum absolute atomic E-state index is 0.205. The molecule has 0 saturated heterocycles. The number of hydrogen-bond donors (Lipinski definition) is 0. The number of nitrogens with zero attached hydrogens (tertiary/aromatic N) is 1. The van der Waals surface area contributed by atoms with Crippen LogP contribution in [-0.2, 0) is 6.42 Å². The van der Waals surface area contributed by atoms with Crippen LogP contribution in [0.25, 0.3) is 0 Å². The van der Waals surface area contributed by atoms with E-state index >= 15 is 0 Å². The standard InChI is InChI=1S/C15H9F2NO2/c16-12-7-11(8-13(17)9-12)15(19)20-14-3-1-10(2-4-14)5-6-18/h1-4,7-9H,5H2. The lowest BCUT2D eigenvalue weighted by atomic mass is 10.1. The Morgan fingerprint density at radius 1 is 1.10 bits per heavy atom. The zero-order valence-corrected chi connectivity index (χ0v) is 10.3. The first-order valence-corrected chi connectivity index (χ1v) is 5.72. The number of carbonyl (C=O) groups is 1. The molecule has 0 aliphatic heterocycles. The molecule has 0 aliphatic rings. The number of nitriles is 1. The maximum absolute atomic E-state index is 13.0. The van der Waals surface area contributed by atoms with Crippen molar-refractivity contribution in [2.75, 3.05) is 0 Å². The highest BCUT2D eigenvalue weighted by atomic mass is 19.1. The van der Waals surface area contributed by atoms with Crippen LogP contribution in [0, 0.1) is 23.0 Å². The maximum Gasteiger partial charge on any atom is 0.343 e. The van der Waals surface area contributed by atoms with E-state index in [4.69, 9.17) is 10.00 Å². The normalized spacial score (nSPS) is 9.85. The van der Waals surface area contributed by atoms with Crippen molar-refractivity contribution in [2.24, 2.45) is 0 Å². The van der Waals surface area contributed by atoms with Gasteiger partial charge in [0.15, 0.2) is 0 Å². The van der Waals surface area contributed by atoms with Crippen LogP contribution in [0.3, 0.4) is 0 Å². The largest absolute Gasteiger partial charge is 0.423 e. The number of halogens is 2. The summed E-state index contributed by atoms with van der Waals surface area (Å²) >= 11 is 0. The predicted molar refractivity (Wildman–Crippen MR) is 67.1 cm³/mol. The average molecular weight is 273 g/mol. The molecule has 2 aromatic carbocycles. The Morgan fingerprint density at radius 3 is 2.25 bits per heavy atom. The Balaban J connectivity index is 2.13. The zero-order chi connectivity index (χ0) is 14.5. The Morgan fingerprint density at radius 2 is 1.70 bits per heavy atom. The number of esters is 1. The van der Waals surface area contributed by atoms with Crippen molar-refractivity contribution in [3.8, 4) is 11.8 Å². The first-order valence-electron chi connectivity index (χ1n) is 5.72. The van der Waals surface area contributed by atoms with Crippen LogP contribution in [0.15, 0.2) is 42.5 Å². The van der Waals surface area contributed by atoms with Crippen LogP contribution in [0.2, 0.25) is 0 Å². The third kappa shape index (κ3) is 3.39. The second-order valence-corrected chi connectivity index (χ2v) is 4.03. The van der Waals surface area contributed by atoms with Gasteiger partial charge in [0.25, 0.3) is 0 Å². The molecule has 0 bridgehead atoms. The quantitative estimate of drug-likeness (QED) is 0.637. The van der Waals surface area contributed by atoms with Crippen LogP contribution in [0.1, 0.15) is 15.9 Å². The minimum Gasteiger partial charge on any atom is -0.423 e. The molecule has 100 valence electrons. The molecule has 20 heavy (non-hydrogen) atoms. The second-order valence-electron chi connectivity index (χ2n) is 4.03. The lowest BCUT2D eigenvalue weighted by Gasteiger charge is -2.05. The third-order valence-electron chi connectivity index (χ3n) is 2.52. The van der Waals surface area contributed by atoms with Crippen molar-refractivity contribution < 1.29 is 18.3 Å². The first-order chi connectivity index (χ1) is 9.58. The van der Waals surface area contributed by atoms with E-state index in [9.17, 15) is 13.6 Å². The topological polar surface area (TPSA) is 50.1 Å². The lowest BCUT2D eigenvalue weighted by molar-refractivity contribution is 0.0733. The molecule has 0 aromatic heterocycles. The summed E-state index contributed by atoms with van der Waals surface area (Å²) in [5, 5.41) is 8.53. The van der Waals surface area contributed by atoms with Gasteiger partial charge in [0.05, 0.1) is 18.1 Å². The summed E-state index contributed by atoms with van der Waals surface area (Å²) in [4.78, 5) is 11.7. The van der Waals surface area contributed by atoms with Gasteiger partial charge in [0.2, 0.25) is 0 Å². The summed E-state index contributed by atoms with van der Waals surface area (Å²) in [5.41, 5.74) is 0.577. The molecule has 0 heterocycles. The highest BCUT2D eigenvalue weighted by Gasteiger charge is 2.11. The molecule has 0 spiro atoms. The van der Waals surface area contributed by atoms with Crippen LogP contribution in [-0.4, -0.2) is 5.97 Å². The van der Waals surface area contributed by atoms with E-state index in [2.05, 4.69) is 0 Å². The molecule has 0 amide bonds. The van der Waals surface area contributed by atoms with Crippen LogP contribution in [0.4, 0.5) is 8.78 Å². The van der Waals surface area contributed by atoms with E-state index in [-0.39, 0.29) is 17.7 Å². The number of carbonyl (C=O) groups excluding carboxylic acids is 1. The number of benzene rings is 2. The van der Waals surface area contributed by atoms with Gasteiger partial charge in [-0.05, 0) is 29.8 Å². The molecule has 0 fully saturated rings. The van der Waals surface area contributed by atoms with Crippen molar-refractivity contribution in [3.05, 3.63) is 65.2 Å². The highest BCUT2D eigenvalue weighted by molar-refractivity contribution is 5.91. The van der Waals surface area contributed by atoms with Crippen molar-refractivity contribution >= 4 is 5.97 Å². The summed E-state index contributed by atoms with van der Waals surface area (Å²) in [7, 11) is 0. The number of rotatable bonds is 3. The molecule has 2 aromatic rings. The zero-order valence-electron chi connectivity index (χ0n) is 10.3. The predicted octanol–water partition coefficient (Wildman–Crippen LogP) is 3.25. The lowest BCUT2D eigenvalue weighted by Crippen LogP contribution is -2.09. The van der Waals surface area contributed by atoms with Crippen LogP contribution >= 0.6 is 0 Å². The SMILES string of the molecule is N#CCc1ccc(OC(=O)c2cc(F)cc(F)c2)cc1. The van der Waals surface area contributed by atoms with Crippen molar-refractivity contribution in [1.29, 1.82) is 5.26 Å². The molecular formula is C15H9F2NO2. The minimum atomic E-state index is -0.851. The molecule has 0 aliphatic carbocycles. The molecule has 0 saturated carbocycles. The molecule has 0 atom stereocenters. The summed E-state index contributed by atoms with van der Waals surface area (Å²) < 4.78 is 31.0. The van der Waals surface area contributed by atoms with Gasteiger partial charge in [0.1, 0.15) is 17.4 Å². The fourth-order valence-corrected chi connectivity index (χ4v) is 1.60. The molecule has 0 N–H and O–H groups in total. The fraction of sp³-hybridized carbons (Fsp3) is 0.0667. The Bertz CT molecular complexity index is 655. The van der Waals surface area contributed by atoms with Crippen molar-refractivity contribution in [1.82, 2.24) is 0 Å². The highest BCUT2D eigenvalue weighted by Crippen LogP contribution is 2.16. The van der Waals surface area contributed by atoms with E-state index < -0.39 is 17.6 Å². The van der Waals surface area contributed by atoms with Gasteiger partial charge in [-0.1, -0.05) is 12.1 Å². The van der Waals surface area contributed by atoms with Gasteiger partial charge in [-0.3, -0.25) is 0 Å². The van der Waals surface area contributed by atoms with E-state index in [1.165, 1.54) is 12.1 Å². The van der Waals surface area contributed by atoms with Gasteiger partial charge in [0, 0.05) is 6.07 Å². The Labute approximate surface area is 114 Å². The second kappa shape index (κ2) is 5.93. The van der Waals surface area contributed by atoms with E-state index in [1.54, 1.807) is 12.1 Å². The molecule has 5 heteroatoms. The average Bonchev–Trinajstić information content (AvgIpc) is 2.40. The smallest absolute Gasteiger partial charge is 0.343 e. The summed E-state index contributed by atoms with van der Waals surface area (Å²) in [5.74, 6) is -2.31. The summed E-state index contributed by atoms with van der Waals surface area (Å²) in [6, 6.07) is 10.8. The van der Waals surface area contributed by atoms with Crippen LogP contribution in [0.5, 0.6) is 5.75 Å². The number of ether oxygens (including phenoxy) is 1. The van der Waals surface area contributed by atoms with Gasteiger partial charge in [-0.2, -0.15) is 5.26 Å². The van der Waals surface area contributed by atoms with Gasteiger partial charge in [-0.15, -0.1) is 0 Å². The Hall–Kier alpha value is -2.74. The first kappa shape index (κ1) is 13.7. The monoisotopic (exact) mass is 273 g/mol. The molecule has 0 unspecified atom stereocenters. The van der Waals surface area contributed by atoms with Gasteiger partial charge >= 0.3 is 5.97 Å². The van der Waals surface area contributed by atoms with Gasteiger partial charge in [-0.25, -0.2) is 13.6 Å². The van der Waals surface area contributed by atoms with Crippen molar-refractivity contribution in [3.63, 3.8) is 0 Å². The van der Waals surface area contributed by atoms with E-state index in [0.717, 1.165) is 17.7 Å². The van der Waals surface area contributed by atoms with E-state index in [0.29, 0.717) is 6.07 Å². The Kier molecular flexibility index (Phi) is 4.06. The summed E-state index contributed by atoms with van der Waals surface area (Å²) in [6.45, 7) is 0. The molecular weight excluding hydrogens is 264 g/mol. The summed E-state index contributed by atoms with van der Waals surface area (Å²) in [6.07, 6.45) is 0.253. The fourth-order valence-electron chi connectivity index (χ4n) is 1.60. The number of hydrogen-bond acceptors (Lipinski definition) is 3. The molecule has 2 rings (SSSR count). The molecule has 0 radical (unpaired) electrons. The van der Waals surface area contributed by atoms with Gasteiger partial charge < -0.3 is 4.74 Å². The maximum atomic E-state index is 13.0.